The number of likely N-dealkylation sites (N-methyl/N-ethyl adjacent to an activating group) is 1. The maximum atomic E-state index is 13.7. The summed E-state index contributed by atoms with van der Waals surface area (Å²) in [6.07, 6.45) is 0.831. The molecule has 4 rings (SSSR count). The van der Waals surface area contributed by atoms with Gasteiger partial charge >= 0.3 is 0 Å². The van der Waals surface area contributed by atoms with E-state index in [9.17, 15) is 4.79 Å². The van der Waals surface area contributed by atoms with E-state index < -0.39 is 0 Å². The smallest absolute Gasteiger partial charge is 0.260 e. The van der Waals surface area contributed by atoms with E-state index in [4.69, 9.17) is 21.3 Å². The summed E-state index contributed by atoms with van der Waals surface area (Å²) in [6, 6.07) is 21.8. The molecule has 0 N–H and O–H groups in total. The number of rotatable bonds is 10. The summed E-state index contributed by atoms with van der Waals surface area (Å²) in [7, 11) is 1.61. The van der Waals surface area contributed by atoms with E-state index in [0.29, 0.717) is 33.5 Å². The predicted octanol–water partition coefficient (Wildman–Crippen LogP) is 6.96. The molecule has 0 fully saturated rings. The molecule has 0 spiro atoms. The molecule has 4 aromatic rings. The molecule has 0 radical (unpaired) electrons. The Balaban J connectivity index is 0.00000361. The van der Waals surface area contributed by atoms with Crippen molar-refractivity contribution in [1.29, 1.82) is 0 Å². The first kappa shape index (κ1) is 27.9. The van der Waals surface area contributed by atoms with Gasteiger partial charge in [0.1, 0.15) is 11.3 Å². The van der Waals surface area contributed by atoms with Gasteiger partial charge in [0.05, 0.1) is 16.8 Å². The Labute approximate surface area is 228 Å². The lowest BCUT2D eigenvalue weighted by Crippen LogP contribution is -2.38. The average Bonchev–Trinajstić information content (AvgIpc) is 3.34. The molecule has 0 aliphatic heterocycles. The van der Waals surface area contributed by atoms with Crippen molar-refractivity contribution in [2.24, 2.45) is 0 Å². The molecule has 0 aliphatic rings. The molecule has 0 bridgehead atoms. The summed E-state index contributed by atoms with van der Waals surface area (Å²) in [6.45, 7) is 7.39. The van der Waals surface area contributed by atoms with E-state index in [2.05, 4.69) is 30.9 Å². The highest BCUT2D eigenvalue weighted by Crippen LogP contribution is 2.39. The Morgan fingerprint density at radius 3 is 2.25 bits per heavy atom. The predicted molar refractivity (Wildman–Crippen MR) is 154 cm³/mol. The van der Waals surface area contributed by atoms with Crippen molar-refractivity contribution in [3.8, 4) is 5.75 Å². The van der Waals surface area contributed by atoms with E-state index in [1.807, 2.05) is 48.5 Å². The number of nitrogens with zero attached hydrogens (tertiary/aromatic N) is 3. The van der Waals surface area contributed by atoms with Crippen molar-refractivity contribution < 1.29 is 9.53 Å². The maximum absolute atomic E-state index is 13.7. The van der Waals surface area contributed by atoms with Crippen molar-refractivity contribution in [3.63, 3.8) is 0 Å². The molecular formula is C28H31Cl2N3O2S. The number of anilines is 1. The van der Waals surface area contributed by atoms with E-state index in [-0.39, 0.29) is 18.3 Å². The zero-order valence-electron chi connectivity index (χ0n) is 20.7. The summed E-state index contributed by atoms with van der Waals surface area (Å²) in [5, 5.41) is 1.22. The quantitative estimate of drug-likeness (QED) is 0.217. The highest BCUT2D eigenvalue weighted by atomic mass is 35.5. The number of carbonyl (C=O) groups is 1. The largest absolute Gasteiger partial charge is 0.494 e. The molecule has 1 amide bonds. The van der Waals surface area contributed by atoms with Crippen molar-refractivity contribution in [2.45, 2.75) is 20.3 Å². The number of aromatic nitrogens is 1. The van der Waals surface area contributed by atoms with E-state index in [0.717, 1.165) is 30.8 Å². The molecule has 1 aromatic heterocycles. The van der Waals surface area contributed by atoms with Gasteiger partial charge in [-0.15, -0.1) is 12.4 Å². The summed E-state index contributed by atoms with van der Waals surface area (Å²) in [4.78, 5) is 22.6. The number of hydrogen-bond acceptors (Lipinski definition) is 5. The Morgan fingerprint density at radius 2 is 1.61 bits per heavy atom. The van der Waals surface area contributed by atoms with Crippen LogP contribution in [0.5, 0.6) is 5.75 Å². The van der Waals surface area contributed by atoms with Crippen LogP contribution in [0.25, 0.3) is 10.2 Å². The molecule has 3 aromatic carbocycles. The molecule has 36 heavy (non-hydrogen) atoms. The number of benzene rings is 3. The second-order valence-electron chi connectivity index (χ2n) is 8.27. The molecule has 0 aliphatic carbocycles. The van der Waals surface area contributed by atoms with Gasteiger partial charge in [0.2, 0.25) is 0 Å². The standard InChI is InChI=1S/C28H30ClN3O2S.ClH/c1-4-31(5-2)17-18-32(28-30-25-24(34-3)16-15-23(29)26(25)35-28)27(33)22-13-11-21(12-14-22)19-20-9-7-6-8-10-20;/h6-16H,4-5,17-19H2,1-3H3;1H. The second kappa shape index (κ2) is 13.1. The SMILES string of the molecule is CCN(CC)CCN(C(=O)c1ccc(Cc2ccccc2)cc1)c1nc2c(OC)ccc(Cl)c2s1.Cl. The highest BCUT2D eigenvalue weighted by molar-refractivity contribution is 7.23. The lowest BCUT2D eigenvalue weighted by molar-refractivity contribution is 0.0983. The third-order valence-corrected chi connectivity index (χ3v) is 7.67. The molecule has 8 heteroatoms. The number of thiazole rings is 1. The zero-order chi connectivity index (χ0) is 24.8. The van der Waals surface area contributed by atoms with Gasteiger partial charge in [0.15, 0.2) is 5.13 Å². The minimum absolute atomic E-state index is 0. The summed E-state index contributed by atoms with van der Waals surface area (Å²) >= 11 is 7.88. The number of methoxy groups -OCH3 is 1. The van der Waals surface area contributed by atoms with Crippen LogP contribution in [0.2, 0.25) is 5.02 Å². The van der Waals surface area contributed by atoms with E-state index >= 15 is 0 Å². The summed E-state index contributed by atoms with van der Waals surface area (Å²) < 4.78 is 6.31. The number of carbonyl (C=O) groups excluding carboxylic acids is 1. The van der Waals surface area contributed by atoms with Gasteiger partial charge in [0.25, 0.3) is 5.91 Å². The minimum atomic E-state index is -0.0717. The lowest BCUT2D eigenvalue weighted by atomic mass is 10.0. The van der Waals surface area contributed by atoms with Gasteiger partial charge in [-0.05, 0) is 54.9 Å². The summed E-state index contributed by atoms with van der Waals surface area (Å²) in [5.74, 6) is 0.575. The lowest BCUT2D eigenvalue weighted by Gasteiger charge is -2.24. The molecular weight excluding hydrogens is 513 g/mol. The molecule has 5 nitrogen and oxygen atoms in total. The molecule has 190 valence electrons. The van der Waals surface area contributed by atoms with Gasteiger partial charge < -0.3 is 9.64 Å². The first-order chi connectivity index (χ1) is 17.0. The minimum Gasteiger partial charge on any atom is -0.494 e. The fourth-order valence-electron chi connectivity index (χ4n) is 4.04. The van der Waals surface area contributed by atoms with Crippen molar-refractivity contribution in [3.05, 3.63) is 88.4 Å². The fraction of sp³-hybridized carbons (Fsp3) is 0.286. The highest BCUT2D eigenvalue weighted by Gasteiger charge is 2.23. The van der Waals surface area contributed by atoms with Gasteiger partial charge in [-0.25, -0.2) is 4.98 Å². The van der Waals surface area contributed by atoms with Crippen LogP contribution < -0.4 is 9.64 Å². The summed E-state index contributed by atoms with van der Waals surface area (Å²) in [5.41, 5.74) is 3.73. The number of fused-ring (bicyclic) bond motifs is 1. The molecule has 1 heterocycles. The van der Waals surface area contributed by atoms with Gasteiger partial charge in [-0.3, -0.25) is 9.69 Å². The van der Waals surface area contributed by atoms with Crippen LogP contribution in [-0.2, 0) is 6.42 Å². The first-order valence-electron chi connectivity index (χ1n) is 11.8. The Kier molecular flexibility index (Phi) is 10.1. The molecule has 0 unspecified atom stereocenters. The Bertz CT molecular complexity index is 1280. The Morgan fingerprint density at radius 1 is 0.944 bits per heavy atom. The van der Waals surface area contributed by atoms with Crippen molar-refractivity contribution in [1.82, 2.24) is 9.88 Å². The fourth-order valence-corrected chi connectivity index (χ4v) is 5.32. The number of hydrogen-bond donors (Lipinski definition) is 0. The van der Waals surface area contributed by atoms with Gasteiger partial charge in [-0.1, -0.05) is 79.2 Å². The topological polar surface area (TPSA) is 45.7 Å². The molecule has 0 saturated carbocycles. The van der Waals surface area contributed by atoms with Crippen LogP contribution in [-0.4, -0.2) is 49.1 Å². The Hall–Kier alpha value is -2.64. The third kappa shape index (κ3) is 6.37. The first-order valence-corrected chi connectivity index (χ1v) is 13.0. The van der Waals surface area contributed by atoms with Crippen LogP contribution in [0.1, 0.15) is 35.3 Å². The second-order valence-corrected chi connectivity index (χ2v) is 9.65. The number of halogens is 2. The van der Waals surface area contributed by atoms with Crippen LogP contribution in [0.4, 0.5) is 5.13 Å². The van der Waals surface area contributed by atoms with Crippen LogP contribution in [0, 0.1) is 0 Å². The maximum Gasteiger partial charge on any atom is 0.260 e. The van der Waals surface area contributed by atoms with Crippen LogP contribution >= 0.6 is 35.3 Å². The normalized spacial score (nSPS) is 10.9. The number of ether oxygens (including phenoxy) is 1. The van der Waals surface area contributed by atoms with Crippen LogP contribution in [0.15, 0.2) is 66.7 Å². The molecule has 0 atom stereocenters. The third-order valence-electron chi connectivity index (χ3n) is 6.13. The van der Waals surface area contributed by atoms with Gasteiger partial charge in [0, 0.05) is 18.7 Å². The average molecular weight is 545 g/mol. The van der Waals surface area contributed by atoms with E-state index in [1.165, 1.54) is 22.5 Å². The van der Waals surface area contributed by atoms with Crippen LogP contribution in [0.3, 0.4) is 0 Å². The molecule has 0 saturated heterocycles. The van der Waals surface area contributed by atoms with Crippen molar-refractivity contribution >= 4 is 56.6 Å². The van der Waals surface area contributed by atoms with Gasteiger partial charge in [-0.2, -0.15) is 0 Å². The van der Waals surface area contributed by atoms with Crippen molar-refractivity contribution in [2.75, 3.05) is 38.2 Å². The van der Waals surface area contributed by atoms with E-state index in [1.54, 1.807) is 18.1 Å². The zero-order valence-corrected chi connectivity index (χ0v) is 23.1. The number of amides is 1. The monoisotopic (exact) mass is 543 g/mol.